The third-order valence-corrected chi connectivity index (χ3v) is 6.17. The fourth-order valence-electron chi connectivity index (χ4n) is 3.63. The van der Waals surface area contributed by atoms with Gasteiger partial charge >= 0.3 is 0 Å². The zero-order valence-corrected chi connectivity index (χ0v) is 17.2. The molecule has 2 aromatic carbocycles. The van der Waals surface area contributed by atoms with Crippen LogP contribution < -0.4 is 0 Å². The normalized spacial score (nSPS) is 17.5. The zero-order chi connectivity index (χ0) is 20.7. The Balaban J connectivity index is 1.57. The molecule has 0 aliphatic carbocycles. The minimum absolute atomic E-state index is 0.0702. The lowest BCUT2D eigenvalue weighted by Gasteiger charge is -2.20. The Morgan fingerprint density at radius 2 is 1.87 bits per heavy atom. The summed E-state index contributed by atoms with van der Waals surface area (Å²) in [6.07, 6.45) is 4.54. The molecule has 1 amide bonds. The van der Waals surface area contributed by atoms with Crippen LogP contribution in [0.15, 0.2) is 76.5 Å². The molecule has 0 spiro atoms. The van der Waals surface area contributed by atoms with E-state index in [-0.39, 0.29) is 11.4 Å². The Bertz CT molecular complexity index is 1270. The molecule has 6 nitrogen and oxygen atoms in total. The molecule has 0 bridgehead atoms. The van der Waals surface area contributed by atoms with E-state index in [1.165, 1.54) is 22.3 Å². The van der Waals surface area contributed by atoms with E-state index in [1.54, 1.807) is 6.08 Å². The average Bonchev–Trinajstić information content (AvgIpc) is 3.33. The molecule has 5 rings (SSSR count). The van der Waals surface area contributed by atoms with Gasteiger partial charge in [-0.25, -0.2) is 0 Å². The maximum atomic E-state index is 12.7. The maximum absolute atomic E-state index is 12.7. The van der Waals surface area contributed by atoms with Crippen molar-refractivity contribution in [1.82, 2.24) is 9.58 Å². The van der Waals surface area contributed by atoms with Crippen molar-refractivity contribution >= 4 is 50.7 Å². The summed E-state index contributed by atoms with van der Waals surface area (Å²) in [7, 11) is 0. The van der Waals surface area contributed by atoms with E-state index < -0.39 is 5.91 Å². The summed E-state index contributed by atoms with van der Waals surface area (Å²) in [6, 6.07) is 18.3. The second kappa shape index (κ2) is 7.42. The highest BCUT2D eigenvalue weighted by Gasteiger charge is 2.35. The summed E-state index contributed by atoms with van der Waals surface area (Å²) in [5.41, 5.74) is 3.42. The molecule has 7 heteroatoms. The standard InChI is InChI=1S/C23H19N5OS/c1-2-20-26-28-21(24)18(22(29)25-23(28)30-20)12-16-14-27(13-15-8-4-3-5-9-15)19-11-7-6-10-17(16)19/h3-12,14,24H,2,13H2,1H3/b18-12-,24-21?. The van der Waals surface area contributed by atoms with Crippen LogP contribution in [0.4, 0.5) is 0 Å². The number of benzene rings is 2. The van der Waals surface area contributed by atoms with Crippen LogP contribution in [-0.4, -0.2) is 31.5 Å². The number of fused-ring (bicyclic) bond motifs is 2. The lowest BCUT2D eigenvalue weighted by molar-refractivity contribution is -0.114. The number of aromatic nitrogens is 1. The molecule has 0 fully saturated rings. The van der Waals surface area contributed by atoms with Gasteiger partial charge in [-0.3, -0.25) is 10.2 Å². The van der Waals surface area contributed by atoms with Crippen molar-refractivity contribution in [2.75, 3.05) is 0 Å². The zero-order valence-electron chi connectivity index (χ0n) is 16.4. The van der Waals surface area contributed by atoms with E-state index in [0.717, 1.165) is 34.5 Å². The van der Waals surface area contributed by atoms with Crippen LogP contribution >= 0.6 is 11.8 Å². The highest BCUT2D eigenvalue weighted by molar-refractivity contribution is 8.26. The molecule has 0 radical (unpaired) electrons. The fraction of sp³-hybridized carbons (Fsp3) is 0.130. The first-order valence-electron chi connectivity index (χ1n) is 9.75. The molecule has 0 unspecified atom stereocenters. The highest BCUT2D eigenvalue weighted by atomic mass is 32.2. The Kier molecular flexibility index (Phi) is 4.59. The second-order valence-corrected chi connectivity index (χ2v) is 8.12. The first kappa shape index (κ1) is 18.6. The average molecular weight is 414 g/mol. The van der Waals surface area contributed by atoms with Crippen LogP contribution in [0, 0.1) is 5.41 Å². The molecule has 1 N–H and O–H groups in total. The number of aliphatic imine (C=N–C) groups is 1. The molecule has 148 valence electrons. The van der Waals surface area contributed by atoms with Gasteiger partial charge in [-0.05, 0) is 35.9 Å². The van der Waals surface area contributed by atoms with Gasteiger partial charge < -0.3 is 4.57 Å². The molecular weight excluding hydrogens is 394 g/mol. The van der Waals surface area contributed by atoms with Gasteiger partial charge in [0.05, 0.1) is 5.57 Å². The molecule has 2 aliphatic rings. The molecule has 2 aliphatic heterocycles. The van der Waals surface area contributed by atoms with Crippen LogP contribution in [0.25, 0.3) is 17.0 Å². The number of carbonyl (C=O) groups excluding carboxylic acids is 1. The van der Waals surface area contributed by atoms with Crippen molar-refractivity contribution in [2.24, 2.45) is 10.1 Å². The van der Waals surface area contributed by atoms with Gasteiger partial charge in [0.25, 0.3) is 5.91 Å². The first-order valence-corrected chi connectivity index (χ1v) is 10.6. The topological polar surface area (TPSA) is 73.8 Å². The van der Waals surface area contributed by atoms with Crippen molar-refractivity contribution in [3.63, 3.8) is 0 Å². The largest absolute Gasteiger partial charge is 0.342 e. The molecule has 3 aromatic rings. The number of hydrogen-bond donors (Lipinski definition) is 1. The van der Waals surface area contributed by atoms with Crippen molar-refractivity contribution in [1.29, 1.82) is 5.41 Å². The number of nitrogens with zero attached hydrogens (tertiary/aromatic N) is 4. The Morgan fingerprint density at radius 1 is 1.10 bits per heavy atom. The van der Waals surface area contributed by atoms with Crippen molar-refractivity contribution in [3.8, 4) is 0 Å². The number of amidine groups is 2. The summed E-state index contributed by atoms with van der Waals surface area (Å²) in [5, 5.41) is 16.8. The van der Waals surface area contributed by atoms with Gasteiger partial charge in [-0.1, -0.05) is 55.5 Å². The molecule has 0 saturated heterocycles. The summed E-state index contributed by atoms with van der Waals surface area (Å²) in [5.74, 6) is -0.327. The molecule has 30 heavy (non-hydrogen) atoms. The first-order chi connectivity index (χ1) is 14.6. The molecular formula is C23H19N5OS. The van der Waals surface area contributed by atoms with Gasteiger partial charge in [-0.2, -0.15) is 15.1 Å². The third kappa shape index (κ3) is 3.17. The Morgan fingerprint density at radius 3 is 2.67 bits per heavy atom. The van der Waals surface area contributed by atoms with Gasteiger partial charge in [0.15, 0.2) is 5.84 Å². The SMILES string of the molecule is CCC1=NN2C(=N)/C(=C/c3cn(Cc4ccccc4)c4ccccc34)C(=O)N=C2S1. The third-order valence-electron chi connectivity index (χ3n) is 5.11. The Labute approximate surface area is 178 Å². The minimum atomic E-state index is -0.397. The van der Waals surface area contributed by atoms with E-state index in [0.29, 0.717) is 5.17 Å². The van der Waals surface area contributed by atoms with E-state index in [2.05, 4.69) is 32.9 Å². The number of carbonyl (C=O) groups is 1. The van der Waals surface area contributed by atoms with Gasteiger partial charge in [0.2, 0.25) is 5.17 Å². The van der Waals surface area contributed by atoms with Crippen LogP contribution in [0.1, 0.15) is 24.5 Å². The number of amides is 1. The predicted octanol–water partition coefficient (Wildman–Crippen LogP) is 4.72. The maximum Gasteiger partial charge on any atom is 0.283 e. The summed E-state index contributed by atoms with van der Waals surface area (Å²) < 4.78 is 2.17. The van der Waals surface area contributed by atoms with Crippen molar-refractivity contribution in [3.05, 3.63) is 77.5 Å². The Hall–Kier alpha value is -3.45. The van der Waals surface area contributed by atoms with Gasteiger partial charge in [0.1, 0.15) is 5.04 Å². The van der Waals surface area contributed by atoms with Crippen LogP contribution in [0.5, 0.6) is 0 Å². The van der Waals surface area contributed by atoms with Gasteiger partial charge in [-0.15, -0.1) is 0 Å². The summed E-state index contributed by atoms with van der Waals surface area (Å²) in [4.78, 5) is 16.8. The number of hydrazone groups is 1. The van der Waals surface area contributed by atoms with E-state index >= 15 is 0 Å². The lowest BCUT2D eigenvalue weighted by atomic mass is 10.1. The molecule has 3 heterocycles. The fourth-order valence-corrected chi connectivity index (χ4v) is 4.46. The highest BCUT2D eigenvalue weighted by Crippen LogP contribution is 2.31. The number of hydrogen-bond acceptors (Lipinski definition) is 4. The van der Waals surface area contributed by atoms with Crippen LogP contribution in [0.3, 0.4) is 0 Å². The molecule has 0 saturated carbocycles. The molecule has 1 aromatic heterocycles. The summed E-state index contributed by atoms with van der Waals surface area (Å²) >= 11 is 1.35. The number of para-hydroxylation sites is 1. The van der Waals surface area contributed by atoms with Crippen LogP contribution in [-0.2, 0) is 11.3 Å². The minimum Gasteiger partial charge on any atom is -0.342 e. The van der Waals surface area contributed by atoms with Crippen LogP contribution in [0.2, 0.25) is 0 Å². The lowest BCUT2D eigenvalue weighted by Crippen LogP contribution is -2.35. The van der Waals surface area contributed by atoms with E-state index in [9.17, 15) is 4.79 Å². The van der Waals surface area contributed by atoms with Gasteiger partial charge in [0, 0.05) is 29.2 Å². The monoisotopic (exact) mass is 413 g/mol. The molecule has 0 atom stereocenters. The van der Waals surface area contributed by atoms with E-state index in [1.807, 2.05) is 49.5 Å². The summed E-state index contributed by atoms with van der Waals surface area (Å²) in [6.45, 7) is 2.72. The van der Waals surface area contributed by atoms with E-state index in [4.69, 9.17) is 5.41 Å². The number of rotatable bonds is 4. The van der Waals surface area contributed by atoms with Crippen molar-refractivity contribution in [2.45, 2.75) is 19.9 Å². The quantitative estimate of drug-likeness (QED) is 0.629. The number of nitrogens with one attached hydrogen (secondary N) is 1. The smallest absolute Gasteiger partial charge is 0.283 e. The predicted molar refractivity (Wildman–Crippen MR) is 123 cm³/mol. The second-order valence-electron chi connectivity index (χ2n) is 7.08. The number of thioether (sulfide) groups is 1. The van der Waals surface area contributed by atoms with Crippen molar-refractivity contribution < 1.29 is 4.79 Å².